The van der Waals surface area contributed by atoms with Gasteiger partial charge in [-0.3, -0.25) is 9.89 Å². The van der Waals surface area contributed by atoms with Crippen LogP contribution in [0.2, 0.25) is 0 Å². The van der Waals surface area contributed by atoms with E-state index in [0.29, 0.717) is 16.5 Å². The highest BCUT2D eigenvalue weighted by Gasteiger charge is 2.08. The van der Waals surface area contributed by atoms with Gasteiger partial charge >= 0.3 is 5.97 Å². The van der Waals surface area contributed by atoms with Crippen LogP contribution in [0.5, 0.6) is 0 Å². The van der Waals surface area contributed by atoms with Crippen molar-refractivity contribution in [3.8, 4) is 17.5 Å². The molecule has 0 aliphatic rings. The summed E-state index contributed by atoms with van der Waals surface area (Å²) < 4.78 is 0. The second-order valence-corrected chi connectivity index (χ2v) is 4.28. The zero-order chi connectivity index (χ0) is 13.0. The predicted molar refractivity (Wildman–Crippen MR) is 64.9 cm³/mol. The SMILES string of the molecule is N#Cc1cccc(-c2nc(SCC(=O)O)n[nH]2)c1. The molecule has 0 fully saturated rings. The molecule has 0 radical (unpaired) electrons. The Kier molecular flexibility index (Phi) is 3.60. The maximum Gasteiger partial charge on any atom is 0.313 e. The molecule has 1 heterocycles. The number of aromatic amines is 1. The standard InChI is InChI=1S/C11H8N4O2S/c12-5-7-2-1-3-8(4-7)10-13-11(15-14-10)18-6-9(16)17/h1-4H,6H2,(H,16,17)(H,13,14,15). The molecule has 2 rings (SSSR count). The Labute approximate surface area is 107 Å². The third-order valence-corrected chi connectivity index (χ3v) is 2.89. The number of nitrogens with one attached hydrogen (secondary N) is 1. The maximum atomic E-state index is 10.4. The summed E-state index contributed by atoms with van der Waals surface area (Å²) in [6.45, 7) is 0. The van der Waals surface area contributed by atoms with Crippen LogP contribution >= 0.6 is 11.8 Å². The van der Waals surface area contributed by atoms with Gasteiger partial charge in [-0.1, -0.05) is 23.9 Å². The molecule has 2 aromatic rings. The fourth-order valence-corrected chi connectivity index (χ4v) is 1.82. The van der Waals surface area contributed by atoms with Crippen LogP contribution in [0.4, 0.5) is 0 Å². The van der Waals surface area contributed by atoms with E-state index in [-0.39, 0.29) is 5.75 Å². The van der Waals surface area contributed by atoms with E-state index in [2.05, 4.69) is 15.2 Å². The van der Waals surface area contributed by atoms with Crippen molar-refractivity contribution in [2.24, 2.45) is 0 Å². The molecule has 0 aliphatic heterocycles. The Morgan fingerprint density at radius 3 is 3.11 bits per heavy atom. The summed E-state index contributed by atoms with van der Waals surface area (Å²) in [7, 11) is 0. The Morgan fingerprint density at radius 1 is 1.56 bits per heavy atom. The number of benzene rings is 1. The summed E-state index contributed by atoms with van der Waals surface area (Å²) >= 11 is 1.04. The molecule has 0 saturated carbocycles. The molecule has 18 heavy (non-hydrogen) atoms. The van der Waals surface area contributed by atoms with Crippen LogP contribution in [0.15, 0.2) is 29.4 Å². The van der Waals surface area contributed by atoms with Crippen LogP contribution in [-0.4, -0.2) is 32.0 Å². The number of hydrogen-bond acceptors (Lipinski definition) is 5. The molecular weight excluding hydrogens is 252 g/mol. The number of rotatable bonds is 4. The molecule has 90 valence electrons. The lowest BCUT2D eigenvalue weighted by Crippen LogP contribution is -1.97. The third-order valence-electron chi connectivity index (χ3n) is 2.05. The minimum absolute atomic E-state index is 0.0878. The molecule has 0 spiro atoms. The smallest absolute Gasteiger partial charge is 0.313 e. The van der Waals surface area contributed by atoms with Crippen molar-refractivity contribution in [2.45, 2.75) is 5.16 Å². The number of aromatic nitrogens is 3. The van der Waals surface area contributed by atoms with Crippen molar-refractivity contribution in [3.05, 3.63) is 29.8 Å². The number of nitrogens with zero attached hydrogens (tertiary/aromatic N) is 3. The molecule has 1 aromatic heterocycles. The monoisotopic (exact) mass is 260 g/mol. The lowest BCUT2D eigenvalue weighted by Gasteiger charge is -1.95. The number of carboxylic acid groups (broad SMARTS) is 1. The van der Waals surface area contributed by atoms with Crippen molar-refractivity contribution in [1.82, 2.24) is 15.2 Å². The fourth-order valence-electron chi connectivity index (χ4n) is 1.30. The van der Waals surface area contributed by atoms with Crippen LogP contribution in [0.1, 0.15) is 5.56 Å². The van der Waals surface area contributed by atoms with Gasteiger partial charge in [-0.25, -0.2) is 4.98 Å². The van der Waals surface area contributed by atoms with Gasteiger partial charge in [0.25, 0.3) is 0 Å². The van der Waals surface area contributed by atoms with E-state index in [1.165, 1.54) is 0 Å². The maximum absolute atomic E-state index is 10.4. The molecule has 2 N–H and O–H groups in total. The minimum Gasteiger partial charge on any atom is -0.481 e. The molecule has 1 aromatic carbocycles. The highest BCUT2D eigenvalue weighted by atomic mass is 32.2. The Morgan fingerprint density at radius 2 is 2.39 bits per heavy atom. The van der Waals surface area contributed by atoms with E-state index in [4.69, 9.17) is 10.4 Å². The molecule has 0 saturated heterocycles. The second-order valence-electron chi connectivity index (χ2n) is 3.34. The van der Waals surface area contributed by atoms with Crippen LogP contribution in [0.3, 0.4) is 0 Å². The Balaban J connectivity index is 2.19. The van der Waals surface area contributed by atoms with Crippen molar-refractivity contribution in [1.29, 1.82) is 5.26 Å². The number of nitriles is 1. The first kappa shape index (κ1) is 12.1. The zero-order valence-corrected chi connectivity index (χ0v) is 9.94. The number of H-pyrrole nitrogens is 1. The van der Waals surface area contributed by atoms with E-state index >= 15 is 0 Å². The first-order valence-electron chi connectivity index (χ1n) is 4.96. The van der Waals surface area contributed by atoms with Crippen LogP contribution in [0.25, 0.3) is 11.4 Å². The molecular formula is C11H8N4O2S. The van der Waals surface area contributed by atoms with Gasteiger partial charge in [-0.05, 0) is 12.1 Å². The summed E-state index contributed by atoms with van der Waals surface area (Å²) in [4.78, 5) is 14.6. The number of carboxylic acids is 1. The fraction of sp³-hybridized carbons (Fsp3) is 0.0909. The molecule has 7 heteroatoms. The average molecular weight is 260 g/mol. The van der Waals surface area contributed by atoms with E-state index in [9.17, 15) is 4.79 Å². The van der Waals surface area contributed by atoms with Gasteiger partial charge in [0, 0.05) is 5.56 Å². The van der Waals surface area contributed by atoms with Crippen LogP contribution in [0, 0.1) is 11.3 Å². The minimum atomic E-state index is -0.919. The summed E-state index contributed by atoms with van der Waals surface area (Å²) in [6, 6.07) is 8.97. The third kappa shape index (κ3) is 2.87. The number of hydrogen-bond donors (Lipinski definition) is 2. The highest BCUT2D eigenvalue weighted by molar-refractivity contribution is 7.99. The first-order chi connectivity index (χ1) is 8.69. The largest absolute Gasteiger partial charge is 0.481 e. The predicted octanol–water partition coefficient (Wildman–Crippen LogP) is 1.52. The van der Waals surface area contributed by atoms with Crippen molar-refractivity contribution in [2.75, 3.05) is 5.75 Å². The van der Waals surface area contributed by atoms with Gasteiger partial charge in [0.1, 0.15) is 0 Å². The topological polar surface area (TPSA) is 103 Å². The van der Waals surface area contributed by atoms with Gasteiger partial charge in [-0.2, -0.15) is 5.26 Å². The van der Waals surface area contributed by atoms with Crippen LogP contribution in [-0.2, 0) is 4.79 Å². The van der Waals surface area contributed by atoms with Crippen LogP contribution < -0.4 is 0 Å². The number of carbonyl (C=O) groups is 1. The summed E-state index contributed by atoms with van der Waals surface area (Å²) in [5.41, 5.74) is 1.27. The van der Waals surface area contributed by atoms with Gasteiger partial charge in [0.15, 0.2) is 5.82 Å². The molecule has 0 bridgehead atoms. The van der Waals surface area contributed by atoms with E-state index in [1.54, 1.807) is 24.3 Å². The quantitative estimate of drug-likeness (QED) is 0.808. The van der Waals surface area contributed by atoms with Gasteiger partial charge in [-0.15, -0.1) is 5.10 Å². The molecule has 6 nitrogen and oxygen atoms in total. The summed E-state index contributed by atoms with van der Waals surface area (Å²) in [5.74, 6) is -0.493. The van der Waals surface area contributed by atoms with Crippen molar-refractivity contribution < 1.29 is 9.90 Å². The molecule has 0 unspecified atom stereocenters. The van der Waals surface area contributed by atoms with E-state index < -0.39 is 5.97 Å². The van der Waals surface area contributed by atoms with Crippen molar-refractivity contribution in [3.63, 3.8) is 0 Å². The molecule has 0 atom stereocenters. The number of thioether (sulfide) groups is 1. The van der Waals surface area contributed by atoms with Gasteiger partial charge in [0.2, 0.25) is 5.16 Å². The number of aliphatic carboxylic acids is 1. The summed E-state index contributed by atoms with van der Waals surface area (Å²) in [6.07, 6.45) is 0. The molecule has 0 aliphatic carbocycles. The zero-order valence-electron chi connectivity index (χ0n) is 9.12. The van der Waals surface area contributed by atoms with Gasteiger partial charge in [0.05, 0.1) is 17.4 Å². The lowest BCUT2D eigenvalue weighted by molar-refractivity contribution is -0.133. The van der Waals surface area contributed by atoms with E-state index in [1.807, 2.05) is 6.07 Å². The normalized spacial score (nSPS) is 9.94. The Bertz CT molecular complexity index is 618. The lowest BCUT2D eigenvalue weighted by atomic mass is 10.1. The van der Waals surface area contributed by atoms with Crippen molar-refractivity contribution >= 4 is 17.7 Å². The molecule has 0 amide bonds. The van der Waals surface area contributed by atoms with Gasteiger partial charge < -0.3 is 5.11 Å². The second kappa shape index (κ2) is 5.33. The van der Waals surface area contributed by atoms with E-state index in [0.717, 1.165) is 17.3 Å². The summed E-state index contributed by atoms with van der Waals surface area (Å²) in [5, 5.41) is 24.3. The first-order valence-corrected chi connectivity index (χ1v) is 5.95. The highest BCUT2D eigenvalue weighted by Crippen LogP contribution is 2.19. The Hall–Kier alpha value is -2.33. The average Bonchev–Trinajstić information content (AvgIpc) is 2.85.